The highest BCUT2D eigenvalue weighted by molar-refractivity contribution is 5.99. The summed E-state index contributed by atoms with van der Waals surface area (Å²) in [5.41, 5.74) is 6.32. The van der Waals surface area contributed by atoms with Crippen LogP contribution in [-0.4, -0.2) is 59.0 Å². The minimum absolute atomic E-state index is 0.0239. The van der Waals surface area contributed by atoms with Gasteiger partial charge in [-0.25, -0.2) is 4.39 Å². The fourth-order valence-corrected chi connectivity index (χ4v) is 4.64. The topological polar surface area (TPSA) is 91.8 Å². The van der Waals surface area contributed by atoms with Crippen molar-refractivity contribution in [1.82, 2.24) is 14.7 Å². The third-order valence-corrected chi connectivity index (χ3v) is 6.36. The van der Waals surface area contributed by atoms with Gasteiger partial charge in [0.2, 0.25) is 5.91 Å². The van der Waals surface area contributed by atoms with E-state index in [1.807, 2.05) is 0 Å². The second-order valence-electron chi connectivity index (χ2n) is 8.62. The largest absolute Gasteiger partial charge is 0.493 e. The molecule has 4 heterocycles. The number of nitrogens with two attached hydrogens (primary N) is 1. The van der Waals surface area contributed by atoms with Gasteiger partial charge in [0.05, 0.1) is 25.5 Å². The van der Waals surface area contributed by atoms with Gasteiger partial charge >= 0.3 is 0 Å². The highest BCUT2D eigenvalue weighted by atomic mass is 19.1. The lowest BCUT2D eigenvalue weighted by atomic mass is 9.97. The Balaban J connectivity index is 1.22. The maximum absolute atomic E-state index is 14.8. The van der Waals surface area contributed by atoms with Gasteiger partial charge in [-0.3, -0.25) is 14.4 Å². The van der Waals surface area contributed by atoms with E-state index in [0.29, 0.717) is 41.2 Å². The van der Waals surface area contributed by atoms with Gasteiger partial charge in [-0.15, -0.1) is 0 Å². The first-order valence-electron chi connectivity index (χ1n) is 11.2. The molecule has 3 aromatic rings. The Morgan fingerprint density at radius 3 is 2.85 bits per heavy atom. The minimum Gasteiger partial charge on any atom is -0.493 e. The Morgan fingerprint density at radius 2 is 2.15 bits per heavy atom. The van der Waals surface area contributed by atoms with Crippen molar-refractivity contribution in [2.24, 2.45) is 12.8 Å². The van der Waals surface area contributed by atoms with Crippen LogP contribution < -0.4 is 15.2 Å². The zero-order valence-electron chi connectivity index (χ0n) is 18.5. The minimum atomic E-state index is -0.597. The van der Waals surface area contributed by atoms with Gasteiger partial charge in [-0.05, 0) is 43.5 Å². The number of nitrogens with zero attached hydrogens (tertiary/aromatic N) is 3. The van der Waals surface area contributed by atoms with E-state index in [9.17, 15) is 9.18 Å². The number of aryl methyl sites for hydroxylation is 1. The molecule has 2 atom stereocenters. The van der Waals surface area contributed by atoms with Gasteiger partial charge in [0.1, 0.15) is 11.3 Å². The first kappa shape index (κ1) is 21.7. The molecule has 2 N–H and O–H groups in total. The average Bonchev–Trinajstić information content (AvgIpc) is 3.20. The Kier molecular flexibility index (Phi) is 5.90. The number of hydrogen-bond acceptors (Lipinski definition) is 6. The molecule has 8 nitrogen and oxygen atoms in total. The fraction of sp³-hybridized carbons (Fsp3) is 0.417. The molecule has 6 rings (SSSR count). The maximum Gasteiger partial charge on any atom is 0.248 e. The number of ether oxygens (including phenoxy) is 3. The maximum atomic E-state index is 14.8. The molecule has 2 bridgehead atoms. The van der Waals surface area contributed by atoms with E-state index in [0.717, 1.165) is 32.5 Å². The van der Waals surface area contributed by atoms with Gasteiger partial charge in [-0.1, -0.05) is 0 Å². The van der Waals surface area contributed by atoms with Gasteiger partial charge in [0.15, 0.2) is 17.3 Å². The number of aromatic nitrogens is 2. The smallest absolute Gasteiger partial charge is 0.248 e. The quantitative estimate of drug-likeness (QED) is 0.526. The van der Waals surface area contributed by atoms with E-state index in [-0.39, 0.29) is 11.3 Å². The number of fused-ring (bicyclic) bond motifs is 4. The molecule has 0 aliphatic carbocycles. The van der Waals surface area contributed by atoms with Crippen molar-refractivity contribution >= 4 is 16.8 Å². The molecule has 1 amide bonds. The van der Waals surface area contributed by atoms with Gasteiger partial charge in [-0.2, -0.15) is 5.10 Å². The predicted octanol–water partition coefficient (Wildman–Crippen LogP) is 3.24. The van der Waals surface area contributed by atoms with Crippen LogP contribution in [0.2, 0.25) is 0 Å². The van der Waals surface area contributed by atoms with Crippen molar-refractivity contribution in [3.8, 4) is 17.2 Å². The lowest BCUT2D eigenvalue weighted by Gasteiger charge is -2.45. The van der Waals surface area contributed by atoms with Crippen LogP contribution in [0.25, 0.3) is 10.9 Å². The van der Waals surface area contributed by atoms with Crippen LogP contribution in [0.15, 0.2) is 36.5 Å². The van der Waals surface area contributed by atoms with Crippen molar-refractivity contribution in [2.75, 3.05) is 26.3 Å². The molecule has 3 fully saturated rings. The summed E-state index contributed by atoms with van der Waals surface area (Å²) in [6.07, 6.45) is 5.19. The molecule has 174 valence electrons. The molecular formula is C24H27FN4O4. The molecule has 0 spiro atoms. The molecule has 9 heteroatoms. The molecule has 3 saturated heterocycles. The molecule has 3 aliphatic rings. The number of piperidine rings is 1. The number of morpholine rings is 1. The number of carbonyl (C=O) groups excluding carboxylic acids is 1. The normalized spacial score (nSPS) is 20.3. The molecule has 2 unspecified atom stereocenters. The van der Waals surface area contributed by atoms with Crippen LogP contribution in [0.3, 0.4) is 0 Å². The Morgan fingerprint density at radius 1 is 1.27 bits per heavy atom. The van der Waals surface area contributed by atoms with Crippen molar-refractivity contribution in [2.45, 2.75) is 31.4 Å². The van der Waals surface area contributed by atoms with E-state index in [2.05, 4.69) is 10.00 Å². The summed E-state index contributed by atoms with van der Waals surface area (Å²) in [4.78, 5) is 14.1. The number of amides is 1. The van der Waals surface area contributed by atoms with E-state index >= 15 is 0 Å². The first-order chi connectivity index (χ1) is 16.0. The van der Waals surface area contributed by atoms with Gasteiger partial charge < -0.3 is 19.9 Å². The van der Waals surface area contributed by atoms with Crippen molar-refractivity contribution < 1.29 is 23.4 Å². The Labute approximate surface area is 191 Å². The summed E-state index contributed by atoms with van der Waals surface area (Å²) in [7, 11) is 1.74. The summed E-state index contributed by atoms with van der Waals surface area (Å²) in [6, 6.07) is 8.15. The summed E-state index contributed by atoms with van der Waals surface area (Å²) in [5, 5.41) is 4.86. The van der Waals surface area contributed by atoms with Crippen LogP contribution in [0.1, 0.15) is 29.6 Å². The molecular weight excluding hydrogens is 427 g/mol. The van der Waals surface area contributed by atoms with Gasteiger partial charge in [0, 0.05) is 43.2 Å². The third-order valence-electron chi connectivity index (χ3n) is 6.36. The van der Waals surface area contributed by atoms with E-state index in [4.69, 9.17) is 19.9 Å². The molecule has 0 radical (unpaired) electrons. The van der Waals surface area contributed by atoms with Crippen molar-refractivity contribution in [1.29, 1.82) is 0 Å². The predicted molar refractivity (Wildman–Crippen MR) is 120 cm³/mol. The third kappa shape index (κ3) is 4.51. The molecule has 3 aliphatic heterocycles. The number of benzene rings is 2. The summed E-state index contributed by atoms with van der Waals surface area (Å²) < 4.78 is 33.7. The molecule has 0 saturated carbocycles. The SMILES string of the molecule is Cn1ncc2cc(C(N)=O)cc(Oc3ccc(OCCCN4CC5CCC4CO5)cc3F)c21. The zero-order chi connectivity index (χ0) is 22.9. The Hall–Kier alpha value is -3.17. The van der Waals surface area contributed by atoms with Crippen LogP contribution in [0.5, 0.6) is 17.2 Å². The summed E-state index contributed by atoms with van der Waals surface area (Å²) in [6.45, 7) is 3.27. The van der Waals surface area contributed by atoms with E-state index in [1.165, 1.54) is 24.6 Å². The summed E-state index contributed by atoms with van der Waals surface area (Å²) >= 11 is 0. The van der Waals surface area contributed by atoms with Crippen LogP contribution in [0.4, 0.5) is 4.39 Å². The van der Waals surface area contributed by atoms with E-state index < -0.39 is 11.7 Å². The van der Waals surface area contributed by atoms with Gasteiger partial charge in [0.25, 0.3) is 0 Å². The second-order valence-corrected chi connectivity index (χ2v) is 8.62. The standard InChI is InChI=1S/C24H27FN4O4/c1-28-23-16(12-27-28)9-15(24(26)30)10-22(23)33-21-6-5-18(11-20(21)25)31-8-2-7-29-13-19-4-3-17(29)14-32-19/h5-6,9-12,17,19H,2-4,7-8,13-14H2,1H3,(H2,26,30). The average molecular weight is 455 g/mol. The van der Waals surface area contributed by atoms with Crippen LogP contribution in [0, 0.1) is 5.82 Å². The monoisotopic (exact) mass is 454 g/mol. The lowest BCUT2D eigenvalue weighted by molar-refractivity contribution is -0.106. The zero-order valence-corrected chi connectivity index (χ0v) is 18.5. The number of rotatable bonds is 8. The number of halogens is 1. The summed E-state index contributed by atoms with van der Waals surface area (Å²) in [5.74, 6) is -0.387. The first-order valence-corrected chi connectivity index (χ1v) is 11.2. The highest BCUT2D eigenvalue weighted by Crippen LogP contribution is 2.33. The number of hydrogen-bond donors (Lipinski definition) is 1. The molecule has 33 heavy (non-hydrogen) atoms. The van der Waals surface area contributed by atoms with Crippen molar-refractivity contribution in [3.63, 3.8) is 0 Å². The molecule has 2 aromatic carbocycles. The van der Waals surface area contributed by atoms with E-state index in [1.54, 1.807) is 30.1 Å². The van der Waals surface area contributed by atoms with Crippen LogP contribution >= 0.6 is 0 Å². The van der Waals surface area contributed by atoms with Crippen molar-refractivity contribution in [3.05, 3.63) is 47.9 Å². The fourth-order valence-electron chi connectivity index (χ4n) is 4.64. The van der Waals surface area contributed by atoms with Crippen LogP contribution in [-0.2, 0) is 11.8 Å². The number of primary amides is 1. The second kappa shape index (κ2) is 8.99. The Bertz CT molecular complexity index is 1170. The highest BCUT2D eigenvalue weighted by Gasteiger charge is 2.33. The number of carbonyl (C=O) groups is 1. The lowest BCUT2D eigenvalue weighted by Crippen LogP contribution is -2.54. The molecule has 1 aromatic heterocycles.